The van der Waals surface area contributed by atoms with E-state index in [9.17, 15) is 22.4 Å². The van der Waals surface area contributed by atoms with Crippen LogP contribution in [0.4, 0.5) is 26.3 Å². The standard InChI is InChI=1S/C36H38F6O3/c1-3-5-22-12-15-25(31(38)30(22)37)21-10-13-24(14-11-21)45-36(43)23-8-6-20(7-9-23)26-16-17-27(33(40)32(26)39)28-18-19-29(44-4-2)35(42)34(28)41/h12,15-21,23-24H,3-11,13-14H2,1-2H3. The van der Waals surface area contributed by atoms with E-state index in [1.807, 2.05) is 6.92 Å². The molecule has 9 heteroatoms. The average Bonchev–Trinajstić information content (AvgIpc) is 3.04. The summed E-state index contributed by atoms with van der Waals surface area (Å²) in [4.78, 5) is 13.0. The Hall–Kier alpha value is -3.49. The van der Waals surface area contributed by atoms with Crippen molar-refractivity contribution < 1.29 is 40.6 Å². The van der Waals surface area contributed by atoms with Gasteiger partial charge in [-0.2, -0.15) is 4.39 Å². The Kier molecular flexibility index (Phi) is 10.4. The van der Waals surface area contributed by atoms with Crippen LogP contribution in [0.3, 0.4) is 0 Å². The van der Waals surface area contributed by atoms with Crippen LogP contribution in [0.2, 0.25) is 0 Å². The number of benzene rings is 3. The fourth-order valence-electron chi connectivity index (χ4n) is 6.87. The highest BCUT2D eigenvalue weighted by atomic mass is 19.2. The van der Waals surface area contributed by atoms with Crippen molar-refractivity contribution in [1.29, 1.82) is 0 Å². The van der Waals surface area contributed by atoms with E-state index in [1.165, 1.54) is 18.2 Å². The van der Waals surface area contributed by atoms with Gasteiger partial charge in [0.1, 0.15) is 6.10 Å². The number of halogens is 6. The molecule has 0 amide bonds. The van der Waals surface area contributed by atoms with E-state index < -0.39 is 40.5 Å². The van der Waals surface area contributed by atoms with Crippen LogP contribution in [0, 0.1) is 40.8 Å². The zero-order chi connectivity index (χ0) is 32.2. The van der Waals surface area contributed by atoms with Crippen LogP contribution in [-0.2, 0) is 16.0 Å². The molecule has 0 bridgehead atoms. The molecule has 2 fully saturated rings. The van der Waals surface area contributed by atoms with Crippen molar-refractivity contribution in [1.82, 2.24) is 0 Å². The van der Waals surface area contributed by atoms with Gasteiger partial charge < -0.3 is 9.47 Å². The van der Waals surface area contributed by atoms with Crippen molar-refractivity contribution in [2.24, 2.45) is 5.92 Å². The van der Waals surface area contributed by atoms with Gasteiger partial charge in [-0.3, -0.25) is 4.79 Å². The molecule has 3 aromatic carbocycles. The van der Waals surface area contributed by atoms with E-state index in [4.69, 9.17) is 9.47 Å². The predicted octanol–water partition coefficient (Wildman–Crippen LogP) is 10.1. The molecule has 3 nitrogen and oxygen atoms in total. The van der Waals surface area contributed by atoms with Crippen molar-refractivity contribution in [3.8, 4) is 16.9 Å². The first-order valence-electron chi connectivity index (χ1n) is 15.9. The zero-order valence-electron chi connectivity index (χ0n) is 25.5. The lowest BCUT2D eigenvalue weighted by Gasteiger charge is -2.32. The summed E-state index contributed by atoms with van der Waals surface area (Å²) in [6, 6.07) is 8.34. The molecule has 0 radical (unpaired) electrons. The number of rotatable bonds is 9. The Balaban J connectivity index is 1.15. The summed E-state index contributed by atoms with van der Waals surface area (Å²) in [7, 11) is 0. The van der Waals surface area contributed by atoms with Crippen LogP contribution in [0.15, 0.2) is 36.4 Å². The Labute approximate surface area is 259 Å². The normalized spacial score (nSPS) is 21.9. The minimum Gasteiger partial charge on any atom is -0.491 e. The minimum absolute atomic E-state index is 0.120. The molecule has 0 atom stereocenters. The summed E-state index contributed by atoms with van der Waals surface area (Å²) in [5.74, 6) is -7.97. The third kappa shape index (κ3) is 6.87. The van der Waals surface area contributed by atoms with Gasteiger partial charge >= 0.3 is 5.97 Å². The van der Waals surface area contributed by atoms with E-state index in [0.29, 0.717) is 68.9 Å². The van der Waals surface area contributed by atoms with E-state index in [1.54, 1.807) is 19.1 Å². The molecule has 0 spiro atoms. The van der Waals surface area contributed by atoms with Crippen LogP contribution in [0.25, 0.3) is 11.1 Å². The molecule has 0 aromatic heterocycles. The molecular weight excluding hydrogens is 594 g/mol. The molecule has 2 aliphatic carbocycles. The van der Waals surface area contributed by atoms with Gasteiger partial charge in [-0.1, -0.05) is 37.6 Å². The molecule has 2 saturated carbocycles. The number of hydrogen-bond acceptors (Lipinski definition) is 3. The molecule has 0 unspecified atom stereocenters. The zero-order valence-corrected chi connectivity index (χ0v) is 25.5. The summed E-state index contributed by atoms with van der Waals surface area (Å²) in [5, 5.41) is 0. The first-order chi connectivity index (χ1) is 21.6. The second kappa shape index (κ2) is 14.3. The van der Waals surface area contributed by atoms with Crippen LogP contribution in [0.5, 0.6) is 5.75 Å². The quantitative estimate of drug-likeness (QED) is 0.174. The SMILES string of the molecule is CCCc1ccc(C2CCC(OC(=O)C3CCC(c4ccc(-c5ccc(OCC)c(F)c5F)c(F)c4F)CC3)CC2)c(F)c1F. The van der Waals surface area contributed by atoms with Gasteiger partial charge in [-0.25, -0.2) is 22.0 Å². The monoisotopic (exact) mass is 632 g/mol. The molecule has 0 heterocycles. The third-order valence-corrected chi connectivity index (χ3v) is 9.36. The number of esters is 1. The Morgan fingerprint density at radius 2 is 1.18 bits per heavy atom. The summed E-state index contributed by atoms with van der Waals surface area (Å²) in [5.41, 5.74) is 0.117. The number of ether oxygens (including phenoxy) is 2. The topological polar surface area (TPSA) is 35.5 Å². The summed E-state index contributed by atoms with van der Waals surface area (Å²) < 4.78 is 99.5. The van der Waals surface area contributed by atoms with Crippen LogP contribution < -0.4 is 4.74 Å². The molecule has 0 saturated heterocycles. The molecule has 242 valence electrons. The smallest absolute Gasteiger partial charge is 0.309 e. The van der Waals surface area contributed by atoms with Crippen molar-refractivity contribution in [3.63, 3.8) is 0 Å². The van der Waals surface area contributed by atoms with Gasteiger partial charge in [-0.15, -0.1) is 0 Å². The van der Waals surface area contributed by atoms with Crippen molar-refractivity contribution in [2.75, 3.05) is 6.61 Å². The lowest BCUT2D eigenvalue weighted by Crippen LogP contribution is -2.30. The Morgan fingerprint density at radius 1 is 0.644 bits per heavy atom. The summed E-state index contributed by atoms with van der Waals surface area (Å²) >= 11 is 0. The lowest BCUT2D eigenvalue weighted by atomic mass is 9.78. The maximum Gasteiger partial charge on any atom is 0.309 e. The Morgan fingerprint density at radius 3 is 1.78 bits per heavy atom. The van der Waals surface area contributed by atoms with Crippen LogP contribution in [0.1, 0.15) is 100 Å². The molecule has 45 heavy (non-hydrogen) atoms. The van der Waals surface area contributed by atoms with Crippen molar-refractivity contribution >= 4 is 5.97 Å². The maximum absolute atomic E-state index is 15.2. The molecule has 2 aliphatic rings. The van der Waals surface area contributed by atoms with Gasteiger partial charge in [0.25, 0.3) is 0 Å². The molecule has 0 aliphatic heterocycles. The second-order valence-corrected chi connectivity index (χ2v) is 12.2. The number of carbonyl (C=O) groups is 1. The summed E-state index contributed by atoms with van der Waals surface area (Å²) in [6.07, 6.45) is 4.95. The minimum atomic E-state index is -1.32. The van der Waals surface area contributed by atoms with Gasteiger partial charge in [0, 0.05) is 11.1 Å². The molecule has 3 aromatic rings. The first-order valence-corrected chi connectivity index (χ1v) is 15.9. The van der Waals surface area contributed by atoms with E-state index in [-0.39, 0.29) is 53.3 Å². The van der Waals surface area contributed by atoms with E-state index in [0.717, 1.165) is 12.5 Å². The van der Waals surface area contributed by atoms with Crippen molar-refractivity contribution in [3.05, 3.63) is 88.0 Å². The van der Waals surface area contributed by atoms with Crippen LogP contribution in [-0.4, -0.2) is 18.7 Å². The van der Waals surface area contributed by atoms with Crippen LogP contribution >= 0.6 is 0 Å². The van der Waals surface area contributed by atoms with E-state index in [2.05, 4.69) is 0 Å². The Bertz CT molecular complexity index is 1520. The first kappa shape index (κ1) is 32.9. The molecule has 0 N–H and O–H groups in total. The number of carbonyl (C=O) groups excluding carboxylic acids is 1. The molecular formula is C36H38F6O3. The highest BCUT2D eigenvalue weighted by Crippen LogP contribution is 2.41. The average molecular weight is 633 g/mol. The van der Waals surface area contributed by atoms with E-state index >= 15 is 8.78 Å². The van der Waals surface area contributed by atoms with Gasteiger partial charge in [0.05, 0.1) is 12.5 Å². The lowest BCUT2D eigenvalue weighted by molar-refractivity contribution is -0.157. The highest BCUT2D eigenvalue weighted by molar-refractivity contribution is 5.73. The largest absolute Gasteiger partial charge is 0.491 e. The fraction of sp³-hybridized carbons (Fsp3) is 0.472. The highest BCUT2D eigenvalue weighted by Gasteiger charge is 2.34. The van der Waals surface area contributed by atoms with Gasteiger partial charge in [-0.05, 0) is 105 Å². The summed E-state index contributed by atoms with van der Waals surface area (Å²) in [6.45, 7) is 3.65. The second-order valence-electron chi connectivity index (χ2n) is 12.2. The predicted molar refractivity (Wildman–Crippen MR) is 159 cm³/mol. The maximum atomic E-state index is 15.2. The third-order valence-electron chi connectivity index (χ3n) is 9.36. The molecule has 5 rings (SSSR count). The van der Waals surface area contributed by atoms with Crippen molar-refractivity contribution in [2.45, 2.75) is 96.0 Å². The van der Waals surface area contributed by atoms with Gasteiger partial charge in [0.2, 0.25) is 5.82 Å². The van der Waals surface area contributed by atoms with Gasteiger partial charge in [0.15, 0.2) is 34.8 Å². The fourth-order valence-corrected chi connectivity index (χ4v) is 6.87. The number of hydrogen-bond donors (Lipinski definition) is 0. The number of aryl methyl sites for hydroxylation is 1.